The second-order valence-electron chi connectivity index (χ2n) is 6.01. The van der Waals surface area contributed by atoms with Crippen LogP contribution in [0.15, 0.2) is 0 Å². The number of hydrogen-bond acceptors (Lipinski definition) is 4. The fourth-order valence-corrected chi connectivity index (χ4v) is 3.47. The lowest BCUT2D eigenvalue weighted by Gasteiger charge is -2.20. The van der Waals surface area contributed by atoms with Crippen molar-refractivity contribution >= 4 is 23.1 Å². The van der Waals surface area contributed by atoms with E-state index in [1.54, 1.807) is 11.8 Å². The van der Waals surface area contributed by atoms with Crippen LogP contribution in [-0.2, 0) is 18.5 Å². The summed E-state index contributed by atoms with van der Waals surface area (Å²) in [6.07, 6.45) is -3.38. The Labute approximate surface area is 132 Å². The zero-order valence-electron chi connectivity index (χ0n) is 13.1. The molecule has 2 nitrogen and oxygen atoms in total. The maximum absolute atomic E-state index is 13.1. The molecule has 1 unspecified atom stereocenters. The van der Waals surface area contributed by atoms with E-state index in [1.165, 1.54) is 11.3 Å². The van der Waals surface area contributed by atoms with E-state index < -0.39 is 11.9 Å². The van der Waals surface area contributed by atoms with Gasteiger partial charge in [-0.25, -0.2) is 4.98 Å². The molecule has 0 spiro atoms. The van der Waals surface area contributed by atoms with Crippen LogP contribution in [0.25, 0.3) is 0 Å². The second kappa shape index (κ2) is 7.33. The number of hydrogen-bond donors (Lipinski definition) is 1. The smallest absolute Gasteiger partial charge is 0.307 e. The molecule has 21 heavy (non-hydrogen) atoms. The lowest BCUT2D eigenvalue weighted by molar-refractivity contribution is -0.141. The molecule has 1 rings (SSSR count). The summed E-state index contributed by atoms with van der Waals surface area (Å²) in [5.41, 5.74) is -0.956. The third kappa shape index (κ3) is 6.57. The van der Waals surface area contributed by atoms with Crippen LogP contribution in [0.4, 0.5) is 13.2 Å². The van der Waals surface area contributed by atoms with E-state index in [4.69, 9.17) is 0 Å². The minimum absolute atomic E-state index is 0.198. The lowest BCUT2D eigenvalue weighted by Crippen LogP contribution is -2.35. The number of nitrogens with one attached hydrogen (secondary N) is 1. The van der Waals surface area contributed by atoms with Crippen molar-refractivity contribution in [2.45, 2.75) is 70.3 Å². The molecule has 0 amide bonds. The van der Waals surface area contributed by atoms with Crippen LogP contribution in [-0.4, -0.2) is 15.8 Å². The average molecular weight is 340 g/mol. The van der Waals surface area contributed by atoms with Gasteiger partial charge in [-0.15, -0.1) is 11.3 Å². The van der Waals surface area contributed by atoms with Gasteiger partial charge in [0.05, 0.1) is 4.88 Å². The quantitative estimate of drug-likeness (QED) is 0.781. The Morgan fingerprint density at radius 2 is 1.90 bits per heavy atom. The zero-order chi connectivity index (χ0) is 16.3. The Morgan fingerprint density at radius 1 is 1.29 bits per heavy atom. The average Bonchev–Trinajstić information content (AvgIpc) is 2.76. The van der Waals surface area contributed by atoms with Crippen molar-refractivity contribution in [3.05, 3.63) is 15.6 Å². The molecule has 0 radical (unpaired) electrons. The molecule has 1 atom stereocenters. The first-order chi connectivity index (χ1) is 9.53. The van der Waals surface area contributed by atoms with Gasteiger partial charge in [-0.05, 0) is 27.2 Å². The molecular formula is C14H23F3N2S2. The highest BCUT2D eigenvalue weighted by Crippen LogP contribution is 2.36. The van der Waals surface area contributed by atoms with E-state index in [0.29, 0.717) is 16.0 Å². The van der Waals surface area contributed by atoms with Crippen molar-refractivity contribution in [3.63, 3.8) is 0 Å². The predicted molar refractivity (Wildman–Crippen MR) is 84.8 cm³/mol. The number of alkyl halides is 3. The molecule has 1 heterocycles. The van der Waals surface area contributed by atoms with Gasteiger partial charge in [-0.1, -0.05) is 13.8 Å². The molecule has 0 aliphatic carbocycles. The molecule has 0 saturated heterocycles. The van der Waals surface area contributed by atoms with Gasteiger partial charge >= 0.3 is 6.18 Å². The summed E-state index contributed by atoms with van der Waals surface area (Å²) in [7, 11) is 0. The van der Waals surface area contributed by atoms with E-state index in [-0.39, 0.29) is 17.0 Å². The van der Waals surface area contributed by atoms with Crippen molar-refractivity contribution in [1.29, 1.82) is 0 Å². The number of thioether (sulfide) groups is 1. The molecule has 1 N–H and O–H groups in total. The summed E-state index contributed by atoms with van der Waals surface area (Å²) in [5, 5.41) is 4.09. The number of thiazole rings is 1. The van der Waals surface area contributed by atoms with Crippen LogP contribution < -0.4 is 5.32 Å². The van der Waals surface area contributed by atoms with Crippen molar-refractivity contribution in [1.82, 2.24) is 10.3 Å². The maximum atomic E-state index is 13.1. The first-order valence-corrected chi connectivity index (χ1v) is 8.82. The highest BCUT2D eigenvalue weighted by molar-refractivity contribution is 7.99. The van der Waals surface area contributed by atoms with Crippen molar-refractivity contribution < 1.29 is 13.2 Å². The summed E-state index contributed by atoms with van der Waals surface area (Å²) in [5.74, 6) is 0.540. The SMILES string of the molecule is CCC(C)SCc1nc(C(F)(F)F)c(CNC(C)(C)C)s1. The maximum Gasteiger partial charge on any atom is 0.434 e. The largest absolute Gasteiger partial charge is 0.434 e. The van der Waals surface area contributed by atoms with Crippen LogP contribution in [0.1, 0.15) is 56.6 Å². The number of halogens is 3. The molecule has 1 aromatic heterocycles. The summed E-state index contributed by atoms with van der Waals surface area (Å²) < 4.78 is 39.2. The van der Waals surface area contributed by atoms with E-state index in [1.807, 2.05) is 20.8 Å². The first kappa shape index (κ1) is 18.8. The Bertz CT molecular complexity index is 450. The molecule has 1 aromatic rings. The molecule has 7 heteroatoms. The van der Waals surface area contributed by atoms with Crippen molar-refractivity contribution in [2.75, 3.05) is 0 Å². The summed E-state index contributed by atoms with van der Waals surface area (Å²) in [4.78, 5) is 4.10. The molecule has 122 valence electrons. The number of rotatable bonds is 6. The standard InChI is InChI=1S/C14H23F3N2S2/c1-6-9(2)20-8-11-19-12(14(15,16)17)10(21-11)7-18-13(3,4)5/h9,18H,6-8H2,1-5H3. The Kier molecular flexibility index (Phi) is 6.55. The monoisotopic (exact) mass is 340 g/mol. The van der Waals surface area contributed by atoms with E-state index in [0.717, 1.165) is 6.42 Å². The minimum Gasteiger partial charge on any atom is -0.307 e. The van der Waals surface area contributed by atoms with E-state index in [2.05, 4.69) is 24.1 Å². The fraction of sp³-hybridized carbons (Fsp3) is 0.786. The van der Waals surface area contributed by atoms with Crippen LogP contribution >= 0.6 is 23.1 Å². The predicted octanol–water partition coefficient (Wildman–Crippen LogP) is 5.08. The van der Waals surface area contributed by atoms with Crippen LogP contribution in [0, 0.1) is 0 Å². The second-order valence-corrected chi connectivity index (χ2v) is 8.61. The summed E-state index contributed by atoms with van der Waals surface area (Å²) in [6.45, 7) is 10.1. The third-order valence-corrected chi connectivity index (χ3v) is 5.44. The fourth-order valence-electron chi connectivity index (χ4n) is 1.48. The van der Waals surface area contributed by atoms with Crippen LogP contribution in [0.5, 0.6) is 0 Å². The molecule has 0 fully saturated rings. The van der Waals surface area contributed by atoms with Gasteiger partial charge in [0.25, 0.3) is 0 Å². The first-order valence-electron chi connectivity index (χ1n) is 6.95. The van der Waals surface area contributed by atoms with Crippen LogP contribution in [0.3, 0.4) is 0 Å². The van der Waals surface area contributed by atoms with Gasteiger partial charge in [0.1, 0.15) is 5.01 Å². The summed E-state index contributed by atoms with van der Waals surface area (Å²) >= 11 is 2.81. The van der Waals surface area contributed by atoms with Gasteiger partial charge in [-0.3, -0.25) is 0 Å². The third-order valence-electron chi connectivity index (χ3n) is 2.86. The topological polar surface area (TPSA) is 24.9 Å². The number of aromatic nitrogens is 1. The Morgan fingerprint density at radius 3 is 2.38 bits per heavy atom. The summed E-state index contributed by atoms with van der Waals surface area (Å²) in [6, 6.07) is 0. The van der Waals surface area contributed by atoms with Gasteiger partial charge in [0.15, 0.2) is 5.69 Å². The molecule has 0 bridgehead atoms. The molecule has 0 aliphatic rings. The van der Waals surface area contributed by atoms with Gasteiger partial charge in [-0.2, -0.15) is 24.9 Å². The molecule has 0 saturated carbocycles. The van der Waals surface area contributed by atoms with Crippen molar-refractivity contribution in [2.24, 2.45) is 0 Å². The Hall–Kier alpha value is -0.270. The lowest BCUT2D eigenvalue weighted by atomic mass is 10.1. The van der Waals surface area contributed by atoms with Gasteiger partial charge in [0, 0.05) is 23.1 Å². The minimum atomic E-state index is -4.38. The number of nitrogens with zero attached hydrogens (tertiary/aromatic N) is 1. The van der Waals surface area contributed by atoms with Crippen LogP contribution in [0.2, 0.25) is 0 Å². The Balaban J connectivity index is 2.86. The highest BCUT2D eigenvalue weighted by Gasteiger charge is 2.37. The highest BCUT2D eigenvalue weighted by atomic mass is 32.2. The zero-order valence-corrected chi connectivity index (χ0v) is 14.7. The normalized spacial score (nSPS) is 14.5. The van der Waals surface area contributed by atoms with Crippen molar-refractivity contribution in [3.8, 4) is 0 Å². The van der Waals surface area contributed by atoms with Gasteiger partial charge < -0.3 is 5.32 Å². The van der Waals surface area contributed by atoms with E-state index >= 15 is 0 Å². The molecule has 0 aliphatic heterocycles. The molecule has 0 aromatic carbocycles. The molecular weight excluding hydrogens is 317 g/mol. The van der Waals surface area contributed by atoms with Gasteiger partial charge in [0.2, 0.25) is 0 Å². The van der Waals surface area contributed by atoms with E-state index in [9.17, 15) is 13.2 Å².